The van der Waals surface area contributed by atoms with Crippen molar-refractivity contribution in [2.75, 3.05) is 11.1 Å². The van der Waals surface area contributed by atoms with Gasteiger partial charge in [-0.2, -0.15) is 5.10 Å². The summed E-state index contributed by atoms with van der Waals surface area (Å²) >= 11 is 0. The van der Waals surface area contributed by atoms with E-state index < -0.39 is 0 Å². The van der Waals surface area contributed by atoms with E-state index in [0.29, 0.717) is 24.0 Å². The van der Waals surface area contributed by atoms with Crippen molar-refractivity contribution in [1.82, 2.24) is 24.7 Å². The second-order valence-corrected chi connectivity index (χ2v) is 4.03. The second-order valence-electron chi connectivity index (χ2n) is 4.03. The van der Waals surface area contributed by atoms with Gasteiger partial charge in [-0.25, -0.2) is 15.0 Å². The van der Waals surface area contributed by atoms with E-state index in [4.69, 9.17) is 5.73 Å². The maximum absolute atomic E-state index is 5.74. The Hall–Kier alpha value is -2.18. The van der Waals surface area contributed by atoms with Crippen LogP contribution < -0.4 is 11.1 Å². The second kappa shape index (κ2) is 5.44. The zero-order valence-electron chi connectivity index (χ0n) is 10.6. The van der Waals surface area contributed by atoms with Crippen LogP contribution in [-0.2, 0) is 20.0 Å². The maximum atomic E-state index is 5.74. The lowest BCUT2D eigenvalue weighted by Gasteiger charge is -2.06. The van der Waals surface area contributed by atoms with Crippen molar-refractivity contribution in [3.63, 3.8) is 0 Å². The Balaban J connectivity index is 2.04. The first-order valence-electron chi connectivity index (χ1n) is 5.89. The fraction of sp³-hybridized carbons (Fsp3) is 0.455. The van der Waals surface area contributed by atoms with Gasteiger partial charge in [0.25, 0.3) is 0 Å². The zero-order chi connectivity index (χ0) is 13.0. The van der Waals surface area contributed by atoms with E-state index in [1.807, 2.05) is 7.05 Å². The van der Waals surface area contributed by atoms with Crippen LogP contribution in [0.25, 0.3) is 0 Å². The number of nitrogen functional groups attached to an aromatic ring is 1. The molecule has 2 rings (SSSR count). The van der Waals surface area contributed by atoms with Crippen LogP contribution in [0.4, 0.5) is 11.6 Å². The van der Waals surface area contributed by atoms with E-state index in [2.05, 4.69) is 32.3 Å². The number of nitrogens with zero attached hydrogens (tertiary/aromatic N) is 5. The summed E-state index contributed by atoms with van der Waals surface area (Å²) in [5, 5.41) is 7.32. The molecule has 0 spiro atoms. The molecule has 0 radical (unpaired) electrons. The van der Waals surface area contributed by atoms with Crippen molar-refractivity contribution in [1.29, 1.82) is 0 Å². The molecule has 0 unspecified atom stereocenters. The summed E-state index contributed by atoms with van der Waals surface area (Å²) in [4.78, 5) is 12.7. The molecule has 0 saturated carbocycles. The molecular weight excluding hydrogens is 230 g/mol. The molecule has 2 aromatic heterocycles. The molecule has 2 aromatic rings. The molecule has 0 aliphatic heterocycles. The van der Waals surface area contributed by atoms with Gasteiger partial charge in [0.15, 0.2) is 5.82 Å². The minimum Gasteiger partial charge on any atom is -0.384 e. The average Bonchev–Trinajstić information content (AvgIpc) is 2.72. The summed E-state index contributed by atoms with van der Waals surface area (Å²) < 4.78 is 1.66. The van der Waals surface area contributed by atoms with Gasteiger partial charge >= 0.3 is 0 Å². The molecule has 18 heavy (non-hydrogen) atoms. The molecule has 96 valence electrons. The molecule has 0 fully saturated rings. The van der Waals surface area contributed by atoms with Crippen molar-refractivity contribution in [2.24, 2.45) is 7.05 Å². The summed E-state index contributed by atoms with van der Waals surface area (Å²) in [5.41, 5.74) is 5.74. The number of hydrogen-bond acceptors (Lipinski definition) is 6. The summed E-state index contributed by atoms with van der Waals surface area (Å²) in [5.74, 6) is 2.66. The van der Waals surface area contributed by atoms with Crippen molar-refractivity contribution in [3.05, 3.63) is 24.0 Å². The van der Waals surface area contributed by atoms with Gasteiger partial charge in [-0.1, -0.05) is 6.92 Å². The summed E-state index contributed by atoms with van der Waals surface area (Å²) in [7, 11) is 1.83. The number of aromatic nitrogens is 5. The minimum absolute atomic E-state index is 0.477. The summed E-state index contributed by atoms with van der Waals surface area (Å²) in [6.45, 7) is 2.60. The lowest BCUT2D eigenvalue weighted by atomic mass is 10.3. The number of hydrogen-bond donors (Lipinski definition) is 2. The number of anilines is 2. The van der Waals surface area contributed by atoms with Gasteiger partial charge in [0, 0.05) is 19.5 Å². The summed E-state index contributed by atoms with van der Waals surface area (Å²) in [6.07, 6.45) is 3.47. The predicted molar refractivity (Wildman–Crippen MR) is 68.8 cm³/mol. The Morgan fingerprint density at radius 2 is 2.17 bits per heavy atom. The van der Waals surface area contributed by atoms with Crippen LogP contribution in [0.5, 0.6) is 0 Å². The average molecular weight is 247 g/mol. The molecular formula is C11H17N7. The Labute approximate surface area is 105 Å². The first-order chi connectivity index (χ1) is 8.67. The highest BCUT2D eigenvalue weighted by Gasteiger charge is 2.03. The molecule has 0 aliphatic rings. The van der Waals surface area contributed by atoms with Gasteiger partial charge in [-0.3, -0.25) is 4.68 Å². The molecule has 2 heterocycles. The van der Waals surface area contributed by atoms with Gasteiger partial charge in [-0.15, -0.1) is 0 Å². The number of rotatable bonds is 5. The third-order valence-corrected chi connectivity index (χ3v) is 2.34. The van der Waals surface area contributed by atoms with Crippen LogP contribution in [0, 0.1) is 0 Å². The Kier molecular flexibility index (Phi) is 3.71. The largest absolute Gasteiger partial charge is 0.384 e. The van der Waals surface area contributed by atoms with E-state index >= 15 is 0 Å². The van der Waals surface area contributed by atoms with Crippen LogP contribution >= 0.6 is 0 Å². The molecule has 0 saturated heterocycles. The fourth-order valence-electron chi connectivity index (χ4n) is 1.58. The van der Waals surface area contributed by atoms with Gasteiger partial charge in [-0.05, 0) is 6.42 Å². The first-order valence-corrected chi connectivity index (χ1v) is 5.89. The van der Waals surface area contributed by atoms with Gasteiger partial charge < -0.3 is 11.1 Å². The molecule has 0 aromatic carbocycles. The first kappa shape index (κ1) is 12.3. The maximum Gasteiger partial charge on any atom is 0.169 e. The highest BCUT2D eigenvalue weighted by atomic mass is 15.3. The monoisotopic (exact) mass is 247 g/mol. The van der Waals surface area contributed by atoms with E-state index in [9.17, 15) is 0 Å². The minimum atomic E-state index is 0.477. The molecule has 0 atom stereocenters. The van der Waals surface area contributed by atoms with Crippen molar-refractivity contribution in [2.45, 2.75) is 26.3 Å². The Morgan fingerprint density at radius 1 is 1.33 bits per heavy atom. The Bertz CT molecular complexity index is 520. The van der Waals surface area contributed by atoms with Crippen LogP contribution in [0.1, 0.15) is 25.0 Å². The third-order valence-electron chi connectivity index (χ3n) is 2.34. The standard InChI is InChI=1S/C11H17N7/c1-3-4-9-15-8(12)5-10(16-9)13-6-11-14-7-18(2)17-11/h5,7H,3-4,6H2,1-2H3,(H3,12,13,15,16). The fourth-order valence-corrected chi connectivity index (χ4v) is 1.58. The summed E-state index contributed by atoms with van der Waals surface area (Å²) in [6, 6.07) is 1.71. The van der Waals surface area contributed by atoms with Crippen molar-refractivity contribution < 1.29 is 0 Å². The topological polar surface area (TPSA) is 94.5 Å². The predicted octanol–water partition coefficient (Wildman–Crippen LogP) is 0.752. The Morgan fingerprint density at radius 3 is 2.83 bits per heavy atom. The van der Waals surface area contributed by atoms with Crippen LogP contribution in [0.3, 0.4) is 0 Å². The molecule has 7 nitrogen and oxygen atoms in total. The van der Waals surface area contributed by atoms with Crippen LogP contribution in [0.2, 0.25) is 0 Å². The molecule has 7 heteroatoms. The number of nitrogens with one attached hydrogen (secondary N) is 1. The zero-order valence-corrected chi connectivity index (χ0v) is 10.6. The van der Waals surface area contributed by atoms with Crippen molar-refractivity contribution in [3.8, 4) is 0 Å². The molecule has 0 amide bonds. The van der Waals surface area contributed by atoms with Gasteiger partial charge in [0.1, 0.15) is 23.8 Å². The smallest absolute Gasteiger partial charge is 0.169 e. The van der Waals surface area contributed by atoms with E-state index in [1.165, 1.54) is 0 Å². The highest BCUT2D eigenvalue weighted by molar-refractivity contribution is 5.44. The quantitative estimate of drug-likeness (QED) is 0.809. The molecule has 3 N–H and O–H groups in total. The van der Waals surface area contributed by atoms with E-state index in [0.717, 1.165) is 18.7 Å². The van der Waals surface area contributed by atoms with Crippen LogP contribution in [0.15, 0.2) is 12.4 Å². The molecule has 0 aliphatic carbocycles. The number of aryl methyl sites for hydroxylation is 2. The SMILES string of the molecule is CCCc1nc(N)cc(NCc2ncn(C)n2)n1. The van der Waals surface area contributed by atoms with E-state index in [1.54, 1.807) is 17.1 Å². The van der Waals surface area contributed by atoms with E-state index in [-0.39, 0.29) is 0 Å². The van der Waals surface area contributed by atoms with Crippen LogP contribution in [-0.4, -0.2) is 24.7 Å². The normalized spacial score (nSPS) is 10.6. The number of nitrogens with two attached hydrogens (primary N) is 1. The highest BCUT2D eigenvalue weighted by Crippen LogP contribution is 2.10. The lowest BCUT2D eigenvalue weighted by Crippen LogP contribution is -2.07. The lowest BCUT2D eigenvalue weighted by molar-refractivity contribution is 0.746. The van der Waals surface area contributed by atoms with Gasteiger partial charge in [0.05, 0.1) is 6.54 Å². The third kappa shape index (κ3) is 3.16. The van der Waals surface area contributed by atoms with Gasteiger partial charge in [0.2, 0.25) is 0 Å². The van der Waals surface area contributed by atoms with Crippen molar-refractivity contribution >= 4 is 11.6 Å². The molecule has 0 bridgehead atoms.